The van der Waals surface area contributed by atoms with Gasteiger partial charge in [0.05, 0.1) is 6.61 Å². The Balaban J connectivity index is 0. The van der Waals surface area contributed by atoms with Crippen LogP contribution in [0.3, 0.4) is 0 Å². The number of halogens is 1. The van der Waals surface area contributed by atoms with Crippen LogP contribution >= 0.6 is 12.4 Å². The Bertz CT molecular complexity index is 90.7. The van der Waals surface area contributed by atoms with Crippen molar-refractivity contribution in [2.75, 3.05) is 41.0 Å². The molecule has 0 aromatic heterocycles. The minimum atomic E-state index is -0.202. The molecule has 0 aromatic carbocycles. The molecule has 4 nitrogen and oxygen atoms in total. The highest BCUT2D eigenvalue weighted by molar-refractivity contribution is 5.85. The van der Waals surface area contributed by atoms with Gasteiger partial charge in [0.2, 0.25) is 0 Å². The van der Waals surface area contributed by atoms with Crippen molar-refractivity contribution in [1.29, 1.82) is 0 Å². The summed E-state index contributed by atoms with van der Waals surface area (Å²) in [4.78, 5) is 1.94. The highest BCUT2D eigenvalue weighted by Crippen LogP contribution is 1.93. The molecule has 0 aliphatic heterocycles. The van der Waals surface area contributed by atoms with E-state index < -0.39 is 0 Å². The Kier molecular flexibility index (Phi) is 11.3. The average molecular weight is 200 g/mol. The lowest BCUT2D eigenvalue weighted by atomic mass is 10.5. The lowest BCUT2D eigenvalue weighted by molar-refractivity contribution is -0.114. The summed E-state index contributed by atoms with van der Waals surface area (Å²) in [5.41, 5.74) is 0. The monoisotopic (exact) mass is 199 g/mol. The van der Waals surface area contributed by atoms with Crippen LogP contribution in [-0.4, -0.2) is 57.3 Å². The van der Waals surface area contributed by atoms with Gasteiger partial charge in [0.25, 0.3) is 0 Å². The van der Waals surface area contributed by atoms with E-state index in [1.54, 1.807) is 14.2 Å². The molecule has 0 atom stereocenters. The molecule has 0 aliphatic rings. The van der Waals surface area contributed by atoms with Crippen molar-refractivity contribution in [2.45, 2.75) is 6.29 Å². The summed E-state index contributed by atoms with van der Waals surface area (Å²) in [7, 11) is 5.10. The SMILES string of the molecule is COC(CN(C)CCO)OC.Cl. The number of rotatable bonds is 6. The van der Waals surface area contributed by atoms with Gasteiger partial charge < -0.3 is 14.6 Å². The van der Waals surface area contributed by atoms with E-state index in [2.05, 4.69) is 0 Å². The highest BCUT2D eigenvalue weighted by Gasteiger charge is 2.07. The zero-order valence-electron chi connectivity index (χ0n) is 7.82. The fraction of sp³-hybridized carbons (Fsp3) is 1.00. The van der Waals surface area contributed by atoms with Gasteiger partial charge in [-0.05, 0) is 7.05 Å². The van der Waals surface area contributed by atoms with Gasteiger partial charge in [-0.15, -0.1) is 12.4 Å². The standard InChI is InChI=1S/C7H17NO3.ClH/c1-8(4-5-9)6-7(10-2)11-3;/h7,9H,4-6H2,1-3H3;1H. The van der Waals surface area contributed by atoms with Crippen LogP contribution in [0.5, 0.6) is 0 Å². The average Bonchev–Trinajstić information content (AvgIpc) is 2.01. The van der Waals surface area contributed by atoms with Crippen molar-refractivity contribution in [3.05, 3.63) is 0 Å². The molecule has 0 heterocycles. The van der Waals surface area contributed by atoms with E-state index in [4.69, 9.17) is 14.6 Å². The molecule has 0 aliphatic carbocycles. The van der Waals surface area contributed by atoms with Crippen LogP contribution in [-0.2, 0) is 9.47 Å². The van der Waals surface area contributed by atoms with Gasteiger partial charge in [0.1, 0.15) is 0 Å². The van der Waals surface area contributed by atoms with Crippen LogP contribution in [0.15, 0.2) is 0 Å². The first-order valence-corrected chi connectivity index (χ1v) is 3.59. The minimum Gasteiger partial charge on any atom is -0.395 e. The topological polar surface area (TPSA) is 41.9 Å². The Labute approximate surface area is 79.9 Å². The molecular weight excluding hydrogens is 182 g/mol. The summed E-state index contributed by atoms with van der Waals surface area (Å²) in [6.07, 6.45) is -0.202. The van der Waals surface area contributed by atoms with Gasteiger partial charge in [0, 0.05) is 27.3 Å². The molecule has 0 saturated heterocycles. The minimum absolute atomic E-state index is 0. The fourth-order valence-corrected chi connectivity index (χ4v) is 0.762. The fourth-order valence-electron chi connectivity index (χ4n) is 0.762. The lowest BCUT2D eigenvalue weighted by Crippen LogP contribution is -2.33. The molecule has 0 fully saturated rings. The van der Waals surface area contributed by atoms with E-state index in [0.29, 0.717) is 13.1 Å². The van der Waals surface area contributed by atoms with Crippen molar-refractivity contribution in [2.24, 2.45) is 0 Å². The number of aliphatic hydroxyl groups excluding tert-OH is 1. The second-order valence-electron chi connectivity index (χ2n) is 2.39. The molecule has 0 radical (unpaired) electrons. The van der Waals surface area contributed by atoms with Crippen molar-refractivity contribution < 1.29 is 14.6 Å². The van der Waals surface area contributed by atoms with Gasteiger partial charge >= 0.3 is 0 Å². The maximum Gasteiger partial charge on any atom is 0.169 e. The largest absolute Gasteiger partial charge is 0.395 e. The molecular formula is C7H18ClNO3. The van der Waals surface area contributed by atoms with E-state index in [0.717, 1.165) is 0 Å². The molecule has 0 rings (SSSR count). The van der Waals surface area contributed by atoms with E-state index in [-0.39, 0.29) is 25.3 Å². The molecule has 0 spiro atoms. The van der Waals surface area contributed by atoms with Crippen LogP contribution in [0, 0.1) is 0 Å². The summed E-state index contributed by atoms with van der Waals surface area (Å²) in [5, 5.41) is 8.57. The van der Waals surface area contributed by atoms with Crippen molar-refractivity contribution in [3.8, 4) is 0 Å². The maximum atomic E-state index is 8.57. The smallest absolute Gasteiger partial charge is 0.169 e. The summed E-state index contributed by atoms with van der Waals surface area (Å²) >= 11 is 0. The zero-order valence-corrected chi connectivity index (χ0v) is 8.63. The molecule has 5 heteroatoms. The van der Waals surface area contributed by atoms with E-state index in [9.17, 15) is 0 Å². The normalized spacial score (nSPS) is 10.5. The van der Waals surface area contributed by atoms with Crippen molar-refractivity contribution in [3.63, 3.8) is 0 Å². The summed E-state index contributed by atoms with van der Waals surface area (Å²) in [6.45, 7) is 1.48. The second-order valence-corrected chi connectivity index (χ2v) is 2.39. The van der Waals surface area contributed by atoms with Gasteiger partial charge in [-0.1, -0.05) is 0 Å². The number of nitrogens with zero attached hydrogens (tertiary/aromatic N) is 1. The number of hydrogen-bond donors (Lipinski definition) is 1. The predicted octanol–water partition coefficient (Wildman–Crippen LogP) is -0.0488. The van der Waals surface area contributed by atoms with Gasteiger partial charge in [-0.25, -0.2) is 0 Å². The summed E-state index contributed by atoms with van der Waals surface area (Å²) < 4.78 is 9.94. The molecule has 0 bridgehead atoms. The van der Waals surface area contributed by atoms with Gasteiger partial charge in [-0.3, -0.25) is 4.90 Å². The van der Waals surface area contributed by atoms with E-state index in [1.807, 2.05) is 11.9 Å². The Morgan fingerprint density at radius 3 is 2.17 bits per heavy atom. The highest BCUT2D eigenvalue weighted by atomic mass is 35.5. The molecule has 0 aromatic rings. The Morgan fingerprint density at radius 2 is 1.83 bits per heavy atom. The third-order valence-corrected chi connectivity index (χ3v) is 1.47. The van der Waals surface area contributed by atoms with Crippen LogP contribution in [0.4, 0.5) is 0 Å². The van der Waals surface area contributed by atoms with Crippen molar-refractivity contribution in [1.82, 2.24) is 4.90 Å². The first-order chi connectivity index (χ1) is 5.24. The molecule has 76 valence electrons. The molecule has 0 saturated carbocycles. The number of aliphatic hydroxyl groups is 1. The number of methoxy groups -OCH3 is 2. The molecule has 0 amide bonds. The number of hydrogen-bond acceptors (Lipinski definition) is 4. The van der Waals surface area contributed by atoms with Crippen LogP contribution < -0.4 is 0 Å². The van der Waals surface area contributed by atoms with Crippen LogP contribution in [0.1, 0.15) is 0 Å². The van der Waals surface area contributed by atoms with Crippen molar-refractivity contribution >= 4 is 12.4 Å². The third kappa shape index (κ3) is 6.82. The summed E-state index contributed by atoms with van der Waals surface area (Å²) in [5.74, 6) is 0. The van der Waals surface area contributed by atoms with Crippen LogP contribution in [0.25, 0.3) is 0 Å². The third-order valence-electron chi connectivity index (χ3n) is 1.47. The Hall–Kier alpha value is 0.130. The zero-order chi connectivity index (χ0) is 8.69. The first-order valence-electron chi connectivity index (χ1n) is 3.59. The van der Waals surface area contributed by atoms with Gasteiger partial charge in [-0.2, -0.15) is 0 Å². The second kappa shape index (κ2) is 9.22. The van der Waals surface area contributed by atoms with E-state index in [1.165, 1.54) is 0 Å². The van der Waals surface area contributed by atoms with Gasteiger partial charge in [0.15, 0.2) is 6.29 Å². The molecule has 12 heavy (non-hydrogen) atoms. The Morgan fingerprint density at radius 1 is 1.33 bits per heavy atom. The predicted molar refractivity (Wildman–Crippen MR) is 49.6 cm³/mol. The number of likely N-dealkylation sites (N-methyl/N-ethyl adjacent to an activating group) is 1. The first kappa shape index (κ1) is 14.6. The number of ether oxygens (including phenoxy) is 2. The summed E-state index contributed by atoms with van der Waals surface area (Å²) in [6, 6.07) is 0. The molecule has 0 unspecified atom stereocenters. The van der Waals surface area contributed by atoms with E-state index >= 15 is 0 Å². The quantitative estimate of drug-likeness (QED) is 0.610. The van der Waals surface area contributed by atoms with Crippen LogP contribution in [0.2, 0.25) is 0 Å². The maximum absolute atomic E-state index is 8.57. The lowest BCUT2D eigenvalue weighted by Gasteiger charge is -2.20. The molecule has 1 N–H and O–H groups in total.